The highest BCUT2D eigenvalue weighted by Crippen LogP contribution is 2.19. The molecule has 0 saturated heterocycles. The summed E-state index contributed by atoms with van der Waals surface area (Å²) in [7, 11) is 0. The number of para-hydroxylation sites is 2. The molecule has 1 heterocycles. The molecule has 0 unspecified atom stereocenters. The van der Waals surface area contributed by atoms with Gasteiger partial charge in [0.25, 0.3) is 0 Å². The SMILES string of the molecule is CCCc1ccccc1NCc1cccc(CNc2ccccc2CCC)n1. The van der Waals surface area contributed by atoms with E-state index in [1.165, 1.54) is 22.5 Å². The second kappa shape index (κ2) is 10.5. The average Bonchev–Trinajstić information content (AvgIpc) is 2.73. The number of rotatable bonds is 10. The van der Waals surface area contributed by atoms with E-state index < -0.39 is 0 Å². The van der Waals surface area contributed by atoms with Gasteiger partial charge >= 0.3 is 0 Å². The summed E-state index contributed by atoms with van der Waals surface area (Å²) in [5.41, 5.74) is 7.29. The molecule has 3 nitrogen and oxygen atoms in total. The topological polar surface area (TPSA) is 37.0 Å². The van der Waals surface area contributed by atoms with E-state index in [4.69, 9.17) is 4.98 Å². The Bertz CT molecular complexity index is 804. The first kappa shape index (κ1) is 19.9. The van der Waals surface area contributed by atoms with Gasteiger partial charge in [0, 0.05) is 11.4 Å². The molecule has 0 fully saturated rings. The summed E-state index contributed by atoms with van der Waals surface area (Å²) in [4.78, 5) is 4.83. The van der Waals surface area contributed by atoms with Crippen LogP contribution in [0.1, 0.15) is 49.2 Å². The van der Waals surface area contributed by atoms with Crippen LogP contribution in [-0.2, 0) is 25.9 Å². The number of anilines is 2. The third kappa shape index (κ3) is 5.59. The zero-order chi connectivity index (χ0) is 19.6. The van der Waals surface area contributed by atoms with Gasteiger partial charge in [0.05, 0.1) is 24.5 Å². The summed E-state index contributed by atoms with van der Waals surface area (Å²) in [6.45, 7) is 5.91. The molecule has 0 aliphatic carbocycles. The molecule has 0 radical (unpaired) electrons. The minimum Gasteiger partial charge on any atom is -0.379 e. The molecule has 3 rings (SSSR count). The molecule has 0 amide bonds. The van der Waals surface area contributed by atoms with Gasteiger partial charge in [-0.3, -0.25) is 4.98 Å². The van der Waals surface area contributed by atoms with E-state index in [0.717, 1.165) is 50.2 Å². The van der Waals surface area contributed by atoms with Crippen LogP contribution in [0.4, 0.5) is 11.4 Å². The van der Waals surface area contributed by atoms with Crippen molar-refractivity contribution in [2.24, 2.45) is 0 Å². The molecule has 0 saturated carbocycles. The number of nitrogens with one attached hydrogen (secondary N) is 2. The molecule has 3 aromatic rings. The Morgan fingerprint density at radius 1 is 0.607 bits per heavy atom. The van der Waals surface area contributed by atoms with Gasteiger partial charge in [0.15, 0.2) is 0 Å². The van der Waals surface area contributed by atoms with Crippen molar-refractivity contribution in [3.05, 3.63) is 89.2 Å². The molecule has 2 aromatic carbocycles. The Hall–Kier alpha value is -2.81. The molecule has 146 valence electrons. The smallest absolute Gasteiger partial charge is 0.0598 e. The first-order valence-electron chi connectivity index (χ1n) is 10.4. The highest BCUT2D eigenvalue weighted by Gasteiger charge is 2.04. The molecule has 28 heavy (non-hydrogen) atoms. The summed E-state index contributed by atoms with van der Waals surface area (Å²) in [6.07, 6.45) is 4.49. The second-order valence-electron chi connectivity index (χ2n) is 7.14. The second-order valence-corrected chi connectivity index (χ2v) is 7.14. The first-order valence-corrected chi connectivity index (χ1v) is 10.4. The Labute approximate surface area is 169 Å². The van der Waals surface area contributed by atoms with Crippen LogP contribution < -0.4 is 10.6 Å². The van der Waals surface area contributed by atoms with E-state index in [0.29, 0.717) is 0 Å². The van der Waals surface area contributed by atoms with Gasteiger partial charge in [-0.15, -0.1) is 0 Å². The van der Waals surface area contributed by atoms with Gasteiger partial charge in [-0.25, -0.2) is 0 Å². The van der Waals surface area contributed by atoms with Crippen LogP contribution in [0, 0.1) is 0 Å². The molecule has 0 spiro atoms. The average molecular weight is 374 g/mol. The van der Waals surface area contributed by atoms with Crippen LogP contribution in [0.2, 0.25) is 0 Å². The van der Waals surface area contributed by atoms with Crippen molar-refractivity contribution in [1.29, 1.82) is 0 Å². The maximum Gasteiger partial charge on any atom is 0.0598 e. The van der Waals surface area contributed by atoms with Gasteiger partial charge in [-0.1, -0.05) is 69.2 Å². The molecular weight excluding hydrogens is 342 g/mol. The lowest BCUT2D eigenvalue weighted by molar-refractivity contribution is 0.910. The zero-order valence-corrected chi connectivity index (χ0v) is 17.0. The quantitative estimate of drug-likeness (QED) is 0.443. The van der Waals surface area contributed by atoms with Gasteiger partial charge in [0.1, 0.15) is 0 Å². The monoisotopic (exact) mass is 373 g/mol. The lowest BCUT2D eigenvalue weighted by Crippen LogP contribution is -2.08. The van der Waals surface area contributed by atoms with E-state index >= 15 is 0 Å². The van der Waals surface area contributed by atoms with Gasteiger partial charge in [0.2, 0.25) is 0 Å². The first-order chi connectivity index (χ1) is 13.8. The molecule has 0 aliphatic rings. The molecule has 0 bridgehead atoms. The number of nitrogens with zero attached hydrogens (tertiary/aromatic N) is 1. The Kier molecular flexibility index (Phi) is 7.48. The van der Waals surface area contributed by atoms with Gasteiger partial charge < -0.3 is 10.6 Å². The number of aromatic nitrogens is 1. The number of pyridine rings is 1. The van der Waals surface area contributed by atoms with Crippen LogP contribution in [-0.4, -0.2) is 4.98 Å². The normalized spacial score (nSPS) is 10.6. The Balaban J connectivity index is 1.62. The van der Waals surface area contributed by atoms with Crippen LogP contribution in [0.3, 0.4) is 0 Å². The van der Waals surface area contributed by atoms with Crippen molar-refractivity contribution in [3.63, 3.8) is 0 Å². The van der Waals surface area contributed by atoms with Crippen molar-refractivity contribution in [2.75, 3.05) is 10.6 Å². The molecule has 1 aromatic heterocycles. The maximum absolute atomic E-state index is 4.83. The maximum atomic E-state index is 4.83. The van der Waals surface area contributed by atoms with Crippen molar-refractivity contribution in [3.8, 4) is 0 Å². The van der Waals surface area contributed by atoms with E-state index in [1.54, 1.807) is 0 Å². The fraction of sp³-hybridized carbons (Fsp3) is 0.320. The number of hydrogen-bond donors (Lipinski definition) is 2. The minimum atomic E-state index is 0.737. The largest absolute Gasteiger partial charge is 0.379 e. The lowest BCUT2D eigenvalue weighted by atomic mass is 10.1. The molecular formula is C25H31N3. The Morgan fingerprint density at radius 2 is 1.07 bits per heavy atom. The Morgan fingerprint density at radius 3 is 1.54 bits per heavy atom. The third-order valence-electron chi connectivity index (χ3n) is 4.86. The predicted molar refractivity (Wildman–Crippen MR) is 120 cm³/mol. The standard InChI is InChI=1S/C25H31N3/c1-3-10-20-12-5-7-16-24(20)26-18-22-14-9-15-23(28-22)19-27-25-17-8-6-13-21(25)11-4-2/h5-9,12-17,26-27H,3-4,10-11,18-19H2,1-2H3. The van der Waals surface area contributed by atoms with Crippen molar-refractivity contribution in [2.45, 2.75) is 52.6 Å². The van der Waals surface area contributed by atoms with E-state index in [-0.39, 0.29) is 0 Å². The lowest BCUT2D eigenvalue weighted by Gasteiger charge is -2.13. The number of aryl methyl sites for hydroxylation is 2. The number of benzene rings is 2. The van der Waals surface area contributed by atoms with E-state index in [2.05, 4.69) is 91.2 Å². The van der Waals surface area contributed by atoms with Crippen LogP contribution in [0.15, 0.2) is 66.7 Å². The van der Waals surface area contributed by atoms with Crippen LogP contribution >= 0.6 is 0 Å². The summed E-state index contributed by atoms with van der Waals surface area (Å²) in [5, 5.41) is 7.12. The predicted octanol–water partition coefficient (Wildman–Crippen LogP) is 6.21. The van der Waals surface area contributed by atoms with Crippen molar-refractivity contribution < 1.29 is 0 Å². The summed E-state index contributed by atoms with van der Waals surface area (Å²) < 4.78 is 0. The van der Waals surface area contributed by atoms with Gasteiger partial charge in [-0.2, -0.15) is 0 Å². The minimum absolute atomic E-state index is 0.737. The van der Waals surface area contributed by atoms with Crippen molar-refractivity contribution in [1.82, 2.24) is 4.98 Å². The van der Waals surface area contributed by atoms with E-state index in [9.17, 15) is 0 Å². The van der Waals surface area contributed by atoms with Gasteiger partial charge in [-0.05, 0) is 48.2 Å². The summed E-state index contributed by atoms with van der Waals surface area (Å²) in [6, 6.07) is 23.4. The van der Waals surface area contributed by atoms with Crippen molar-refractivity contribution >= 4 is 11.4 Å². The number of hydrogen-bond acceptors (Lipinski definition) is 3. The summed E-state index contributed by atoms with van der Waals surface area (Å²) >= 11 is 0. The molecule has 3 heteroatoms. The third-order valence-corrected chi connectivity index (χ3v) is 4.86. The van der Waals surface area contributed by atoms with E-state index in [1.807, 2.05) is 0 Å². The fourth-order valence-electron chi connectivity index (χ4n) is 3.46. The highest BCUT2D eigenvalue weighted by molar-refractivity contribution is 5.52. The van der Waals surface area contributed by atoms with Crippen LogP contribution in [0.5, 0.6) is 0 Å². The molecule has 0 aliphatic heterocycles. The summed E-state index contributed by atoms with van der Waals surface area (Å²) in [5.74, 6) is 0. The zero-order valence-electron chi connectivity index (χ0n) is 17.0. The molecule has 2 N–H and O–H groups in total. The molecule has 0 atom stereocenters. The fourth-order valence-corrected chi connectivity index (χ4v) is 3.46. The van der Waals surface area contributed by atoms with Crippen LogP contribution in [0.25, 0.3) is 0 Å². The highest BCUT2D eigenvalue weighted by atomic mass is 14.9.